The Morgan fingerprint density at radius 1 is 0.897 bits per heavy atom. The molecule has 0 saturated heterocycles. The van der Waals surface area contributed by atoms with Crippen molar-refractivity contribution in [1.82, 2.24) is 10.2 Å². The van der Waals surface area contributed by atoms with Gasteiger partial charge in [-0.25, -0.2) is 17.2 Å². The number of carbonyl (C=O) groups excluding carboxylic acids is 2. The monoisotopic (exact) mass is 557 g/mol. The Bertz CT molecular complexity index is 1390. The minimum atomic E-state index is -4.11. The molecule has 0 unspecified atom stereocenters. The van der Waals surface area contributed by atoms with E-state index < -0.39 is 46.1 Å². The third-order valence-electron chi connectivity index (χ3n) is 6.37. The first kappa shape index (κ1) is 29.8. The number of para-hydroxylation sites is 1. The van der Waals surface area contributed by atoms with Crippen LogP contribution >= 0.6 is 0 Å². The van der Waals surface area contributed by atoms with Gasteiger partial charge in [-0.05, 0) is 37.1 Å². The first-order chi connectivity index (χ1) is 18.5. The summed E-state index contributed by atoms with van der Waals surface area (Å²) in [6.45, 7) is 2.64. The zero-order chi connectivity index (χ0) is 28.6. The van der Waals surface area contributed by atoms with E-state index in [1.54, 1.807) is 30.3 Å². The molecule has 2 atom stereocenters. The molecule has 1 N–H and O–H groups in total. The number of anilines is 1. The summed E-state index contributed by atoms with van der Waals surface area (Å²) in [5.74, 6) is -2.65. The van der Waals surface area contributed by atoms with Gasteiger partial charge in [0.25, 0.3) is 0 Å². The number of carbonyl (C=O) groups is 2. The van der Waals surface area contributed by atoms with E-state index in [9.17, 15) is 26.8 Å². The molecule has 0 radical (unpaired) electrons. The quantitative estimate of drug-likeness (QED) is 0.360. The summed E-state index contributed by atoms with van der Waals surface area (Å²) in [6, 6.07) is 18.8. The largest absolute Gasteiger partial charge is 0.352 e. The van der Waals surface area contributed by atoms with Crippen molar-refractivity contribution >= 4 is 27.5 Å². The van der Waals surface area contributed by atoms with E-state index in [1.165, 1.54) is 41.3 Å². The predicted octanol–water partition coefficient (Wildman–Crippen LogP) is 4.29. The van der Waals surface area contributed by atoms with Crippen LogP contribution in [0.2, 0.25) is 0 Å². The third kappa shape index (κ3) is 8.10. The highest BCUT2D eigenvalue weighted by molar-refractivity contribution is 7.92. The molecule has 0 fully saturated rings. The molecular formula is C29H33F2N3O4S. The van der Waals surface area contributed by atoms with E-state index in [-0.39, 0.29) is 30.3 Å². The highest BCUT2D eigenvalue weighted by Gasteiger charge is 2.34. The fourth-order valence-corrected chi connectivity index (χ4v) is 4.90. The Labute approximate surface area is 228 Å². The summed E-state index contributed by atoms with van der Waals surface area (Å²) in [5, 5.41) is 2.89. The molecule has 0 aliphatic heterocycles. The Balaban J connectivity index is 2.08. The number of hydrogen-bond acceptors (Lipinski definition) is 4. The molecule has 0 heterocycles. The maximum atomic E-state index is 14.7. The van der Waals surface area contributed by atoms with Gasteiger partial charge in [0.15, 0.2) is 0 Å². The maximum absolute atomic E-state index is 14.7. The lowest BCUT2D eigenvalue weighted by atomic mass is 10.0. The lowest BCUT2D eigenvalue weighted by molar-refractivity contribution is -0.140. The highest BCUT2D eigenvalue weighted by Crippen LogP contribution is 2.23. The molecule has 7 nitrogen and oxygen atoms in total. The number of amides is 2. The second-order valence-electron chi connectivity index (χ2n) is 9.36. The summed E-state index contributed by atoms with van der Waals surface area (Å²) in [6.07, 6.45) is 1.60. The molecule has 39 heavy (non-hydrogen) atoms. The summed E-state index contributed by atoms with van der Waals surface area (Å²) in [5.41, 5.74) is 0.599. The SMILES string of the molecule is CC[C@H](C)NC(=O)[C@@H](Cc1ccccc1)N(Cc1ccccc1F)C(=O)CN(c1ccccc1F)S(C)(=O)=O. The van der Waals surface area contributed by atoms with E-state index in [1.807, 2.05) is 19.9 Å². The number of nitrogens with one attached hydrogen (secondary N) is 1. The smallest absolute Gasteiger partial charge is 0.244 e. The van der Waals surface area contributed by atoms with Crippen LogP contribution in [0.1, 0.15) is 31.4 Å². The summed E-state index contributed by atoms with van der Waals surface area (Å²) >= 11 is 0. The topological polar surface area (TPSA) is 86.8 Å². The van der Waals surface area contributed by atoms with Crippen molar-refractivity contribution in [2.24, 2.45) is 0 Å². The van der Waals surface area contributed by atoms with Gasteiger partial charge in [-0.3, -0.25) is 13.9 Å². The Morgan fingerprint density at radius 2 is 1.49 bits per heavy atom. The molecule has 0 bridgehead atoms. The minimum absolute atomic E-state index is 0.0991. The van der Waals surface area contributed by atoms with Crippen LogP contribution in [0.5, 0.6) is 0 Å². The second-order valence-corrected chi connectivity index (χ2v) is 11.3. The van der Waals surface area contributed by atoms with Gasteiger partial charge in [-0.15, -0.1) is 0 Å². The number of hydrogen-bond donors (Lipinski definition) is 1. The molecule has 0 aromatic heterocycles. The average Bonchev–Trinajstić information content (AvgIpc) is 2.90. The third-order valence-corrected chi connectivity index (χ3v) is 7.50. The average molecular weight is 558 g/mol. The fourth-order valence-electron chi connectivity index (χ4n) is 4.05. The lowest BCUT2D eigenvalue weighted by Gasteiger charge is -2.34. The number of nitrogens with zero attached hydrogens (tertiary/aromatic N) is 2. The van der Waals surface area contributed by atoms with Gasteiger partial charge in [-0.2, -0.15) is 0 Å². The van der Waals surface area contributed by atoms with Crippen LogP contribution in [0.4, 0.5) is 14.5 Å². The molecule has 0 spiro atoms. The maximum Gasteiger partial charge on any atom is 0.244 e. The first-order valence-electron chi connectivity index (χ1n) is 12.6. The molecule has 3 aromatic rings. The lowest BCUT2D eigenvalue weighted by Crippen LogP contribution is -2.54. The molecule has 0 aliphatic carbocycles. The summed E-state index contributed by atoms with van der Waals surface area (Å²) in [4.78, 5) is 28.6. The number of halogens is 2. The Hall–Kier alpha value is -3.79. The van der Waals surface area contributed by atoms with Gasteiger partial charge < -0.3 is 10.2 Å². The number of rotatable bonds is 12. The highest BCUT2D eigenvalue weighted by atomic mass is 32.2. The van der Waals surface area contributed by atoms with Crippen molar-refractivity contribution in [2.75, 3.05) is 17.1 Å². The van der Waals surface area contributed by atoms with Crippen molar-refractivity contribution in [3.63, 3.8) is 0 Å². The summed E-state index contributed by atoms with van der Waals surface area (Å²) < 4.78 is 55.4. The van der Waals surface area contributed by atoms with E-state index >= 15 is 0 Å². The Morgan fingerprint density at radius 3 is 2.08 bits per heavy atom. The van der Waals surface area contributed by atoms with Crippen molar-refractivity contribution in [3.8, 4) is 0 Å². The Kier molecular flexibility index (Phi) is 10.2. The van der Waals surface area contributed by atoms with E-state index in [0.717, 1.165) is 17.9 Å². The predicted molar refractivity (Wildman–Crippen MR) is 147 cm³/mol. The van der Waals surface area contributed by atoms with Gasteiger partial charge in [0, 0.05) is 24.6 Å². The molecule has 3 aromatic carbocycles. The zero-order valence-corrected chi connectivity index (χ0v) is 23.0. The number of benzene rings is 3. The van der Waals surface area contributed by atoms with Gasteiger partial charge in [0.1, 0.15) is 24.2 Å². The van der Waals surface area contributed by atoms with Crippen LogP contribution in [-0.4, -0.2) is 50.0 Å². The van der Waals surface area contributed by atoms with Gasteiger partial charge >= 0.3 is 0 Å². The molecule has 0 aliphatic rings. The zero-order valence-electron chi connectivity index (χ0n) is 22.2. The van der Waals surface area contributed by atoms with E-state index in [2.05, 4.69) is 5.32 Å². The van der Waals surface area contributed by atoms with E-state index in [4.69, 9.17) is 0 Å². The molecule has 0 saturated carbocycles. The van der Waals surface area contributed by atoms with Crippen LogP contribution in [0, 0.1) is 11.6 Å². The van der Waals surface area contributed by atoms with Crippen molar-refractivity contribution < 1.29 is 26.8 Å². The molecular weight excluding hydrogens is 524 g/mol. The van der Waals surface area contributed by atoms with Gasteiger partial charge in [0.05, 0.1) is 11.9 Å². The standard InChI is InChI=1S/C29H33F2N3O4S/c1-4-21(2)32-29(36)27(18-22-12-6-5-7-13-22)33(19-23-14-8-9-15-24(23)30)28(35)20-34(39(3,37)38)26-17-11-10-16-25(26)31/h5-17,21,27H,4,18-20H2,1-3H3,(H,32,36)/t21-,27+/m0/s1. The minimum Gasteiger partial charge on any atom is -0.352 e. The first-order valence-corrected chi connectivity index (χ1v) is 14.5. The molecule has 208 valence electrons. The number of sulfonamides is 1. The van der Waals surface area contributed by atoms with Crippen LogP contribution in [0.3, 0.4) is 0 Å². The molecule has 3 rings (SSSR count). The van der Waals surface area contributed by atoms with Crippen molar-refractivity contribution in [2.45, 2.75) is 45.3 Å². The van der Waals surface area contributed by atoms with E-state index in [0.29, 0.717) is 10.7 Å². The van der Waals surface area contributed by atoms with Crippen molar-refractivity contribution in [1.29, 1.82) is 0 Å². The van der Waals surface area contributed by atoms with Crippen LogP contribution in [0.15, 0.2) is 78.9 Å². The van der Waals surface area contributed by atoms with Gasteiger partial charge in [0.2, 0.25) is 21.8 Å². The van der Waals surface area contributed by atoms with Crippen LogP contribution < -0.4 is 9.62 Å². The van der Waals surface area contributed by atoms with Crippen molar-refractivity contribution in [3.05, 3.63) is 102 Å². The normalized spacial score (nSPS) is 12.8. The molecule has 2 amide bonds. The fraction of sp³-hybridized carbons (Fsp3) is 0.310. The second kappa shape index (κ2) is 13.3. The van der Waals surface area contributed by atoms with Crippen LogP contribution in [-0.2, 0) is 32.6 Å². The summed E-state index contributed by atoms with van der Waals surface area (Å²) in [7, 11) is -4.11. The van der Waals surface area contributed by atoms with Crippen LogP contribution in [0.25, 0.3) is 0 Å². The molecule has 10 heteroatoms. The van der Waals surface area contributed by atoms with Gasteiger partial charge in [-0.1, -0.05) is 67.6 Å².